The van der Waals surface area contributed by atoms with Crippen LogP contribution in [-0.4, -0.2) is 37.3 Å². The fraction of sp³-hybridized carbons (Fsp3) is 0.375. The number of halogens is 2. The molecule has 3 aromatic rings. The van der Waals surface area contributed by atoms with Crippen molar-refractivity contribution in [2.45, 2.75) is 32.6 Å². The number of alkyl halides is 2. The van der Waals surface area contributed by atoms with Crippen LogP contribution in [0.3, 0.4) is 0 Å². The number of hydrogen-bond donors (Lipinski definition) is 0. The van der Waals surface area contributed by atoms with Crippen molar-refractivity contribution >= 4 is 5.65 Å². The van der Waals surface area contributed by atoms with Crippen LogP contribution in [0.4, 0.5) is 8.78 Å². The van der Waals surface area contributed by atoms with Gasteiger partial charge in [0.2, 0.25) is 5.88 Å². The van der Waals surface area contributed by atoms with E-state index in [1.165, 1.54) is 6.20 Å². The van der Waals surface area contributed by atoms with Gasteiger partial charge in [-0.15, -0.1) is 10.2 Å². The third kappa shape index (κ3) is 3.47. The monoisotopic (exact) mass is 333 g/mol. The Hall–Kier alpha value is -2.64. The molecule has 8 heteroatoms. The van der Waals surface area contributed by atoms with E-state index >= 15 is 0 Å². The molecule has 0 unspecified atom stereocenters. The highest BCUT2D eigenvalue weighted by Gasteiger charge is 2.22. The minimum atomic E-state index is -2.89. The molecule has 0 amide bonds. The highest BCUT2D eigenvalue weighted by Crippen LogP contribution is 2.21. The Morgan fingerprint density at radius 3 is 2.58 bits per heavy atom. The van der Waals surface area contributed by atoms with Gasteiger partial charge in [0, 0.05) is 30.7 Å². The van der Waals surface area contributed by atoms with Crippen LogP contribution in [0.25, 0.3) is 16.9 Å². The summed E-state index contributed by atoms with van der Waals surface area (Å²) >= 11 is 0. The predicted molar refractivity (Wildman–Crippen MR) is 84.2 cm³/mol. The second kappa shape index (κ2) is 6.10. The second-order valence-electron chi connectivity index (χ2n) is 5.95. The average Bonchev–Trinajstić information content (AvgIpc) is 2.96. The Morgan fingerprint density at radius 1 is 1.17 bits per heavy atom. The standard InChI is InChI=1S/C16H17F2N5O/c1-10(2)15-21-20-13-6-5-12(22-23(13)15)11-4-7-14(19-8-11)24-9-16(3,17)18/h4-8,10H,9H2,1-3H3. The molecule has 126 valence electrons. The largest absolute Gasteiger partial charge is 0.471 e. The van der Waals surface area contributed by atoms with E-state index in [4.69, 9.17) is 4.74 Å². The fourth-order valence-electron chi connectivity index (χ4n) is 2.14. The first-order valence-corrected chi connectivity index (χ1v) is 7.53. The Kier molecular flexibility index (Phi) is 4.13. The summed E-state index contributed by atoms with van der Waals surface area (Å²) in [4.78, 5) is 4.05. The molecule has 24 heavy (non-hydrogen) atoms. The van der Waals surface area contributed by atoms with Crippen molar-refractivity contribution in [3.63, 3.8) is 0 Å². The zero-order valence-corrected chi connectivity index (χ0v) is 13.6. The number of ether oxygens (including phenoxy) is 1. The van der Waals surface area contributed by atoms with Crippen molar-refractivity contribution in [1.29, 1.82) is 0 Å². The van der Waals surface area contributed by atoms with Gasteiger partial charge in [0.15, 0.2) is 18.1 Å². The first-order chi connectivity index (χ1) is 11.3. The maximum absolute atomic E-state index is 12.8. The van der Waals surface area contributed by atoms with Crippen LogP contribution in [0, 0.1) is 0 Å². The number of hydrogen-bond acceptors (Lipinski definition) is 5. The molecule has 6 nitrogen and oxygen atoms in total. The molecule has 0 bridgehead atoms. The van der Waals surface area contributed by atoms with Gasteiger partial charge in [0.05, 0.1) is 5.69 Å². The SMILES string of the molecule is CC(C)c1nnc2ccc(-c3ccc(OCC(C)(F)F)nc3)nn12. The molecule has 0 saturated carbocycles. The normalized spacial score (nSPS) is 12.1. The van der Waals surface area contributed by atoms with E-state index in [0.29, 0.717) is 11.3 Å². The molecule has 3 aromatic heterocycles. The van der Waals surface area contributed by atoms with E-state index in [9.17, 15) is 8.78 Å². The molecule has 0 aliphatic heterocycles. The van der Waals surface area contributed by atoms with Crippen LogP contribution >= 0.6 is 0 Å². The van der Waals surface area contributed by atoms with Crippen molar-refractivity contribution < 1.29 is 13.5 Å². The first-order valence-electron chi connectivity index (χ1n) is 7.53. The smallest absolute Gasteiger partial charge is 0.278 e. The first kappa shape index (κ1) is 16.2. The molecule has 0 N–H and O–H groups in total. The van der Waals surface area contributed by atoms with Gasteiger partial charge >= 0.3 is 0 Å². The van der Waals surface area contributed by atoms with Gasteiger partial charge in [-0.3, -0.25) is 0 Å². The third-order valence-electron chi connectivity index (χ3n) is 3.31. The molecule has 0 atom stereocenters. The summed E-state index contributed by atoms with van der Waals surface area (Å²) in [5, 5.41) is 12.7. The van der Waals surface area contributed by atoms with Gasteiger partial charge in [-0.05, 0) is 18.2 Å². The van der Waals surface area contributed by atoms with Crippen LogP contribution in [0.15, 0.2) is 30.5 Å². The van der Waals surface area contributed by atoms with E-state index in [2.05, 4.69) is 20.3 Å². The highest BCUT2D eigenvalue weighted by atomic mass is 19.3. The number of pyridine rings is 1. The van der Waals surface area contributed by atoms with Gasteiger partial charge in [-0.2, -0.15) is 9.61 Å². The summed E-state index contributed by atoms with van der Waals surface area (Å²) in [6.45, 7) is 4.12. The summed E-state index contributed by atoms with van der Waals surface area (Å²) in [5.41, 5.74) is 2.10. The van der Waals surface area contributed by atoms with E-state index < -0.39 is 12.5 Å². The molecule has 0 fully saturated rings. The van der Waals surface area contributed by atoms with Crippen LogP contribution in [0.2, 0.25) is 0 Å². The highest BCUT2D eigenvalue weighted by molar-refractivity contribution is 5.59. The quantitative estimate of drug-likeness (QED) is 0.716. The lowest BCUT2D eigenvalue weighted by atomic mass is 10.2. The maximum atomic E-state index is 12.8. The maximum Gasteiger partial charge on any atom is 0.278 e. The van der Waals surface area contributed by atoms with Crippen LogP contribution in [-0.2, 0) is 0 Å². The Balaban J connectivity index is 1.86. The molecule has 0 spiro atoms. The van der Waals surface area contributed by atoms with E-state index in [-0.39, 0.29) is 11.8 Å². The third-order valence-corrected chi connectivity index (χ3v) is 3.31. The van der Waals surface area contributed by atoms with Gasteiger partial charge in [0.1, 0.15) is 0 Å². The Morgan fingerprint density at radius 2 is 1.96 bits per heavy atom. The fourth-order valence-corrected chi connectivity index (χ4v) is 2.14. The molecular weight excluding hydrogens is 316 g/mol. The average molecular weight is 333 g/mol. The van der Waals surface area contributed by atoms with Gasteiger partial charge < -0.3 is 4.74 Å². The zero-order valence-electron chi connectivity index (χ0n) is 13.6. The Bertz CT molecular complexity index is 840. The van der Waals surface area contributed by atoms with Crippen molar-refractivity contribution in [3.8, 4) is 17.1 Å². The minimum absolute atomic E-state index is 0.147. The number of nitrogens with zero attached hydrogens (tertiary/aromatic N) is 5. The molecule has 0 radical (unpaired) electrons. The Labute approximate surface area is 137 Å². The summed E-state index contributed by atoms with van der Waals surface area (Å²) in [7, 11) is 0. The van der Waals surface area contributed by atoms with Gasteiger partial charge in [0.25, 0.3) is 5.92 Å². The molecule has 3 heterocycles. The molecule has 0 aliphatic rings. The lowest BCUT2D eigenvalue weighted by Gasteiger charge is -2.11. The van der Waals surface area contributed by atoms with Crippen molar-refractivity contribution in [3.05, 3.63) is 36.3 Å². The summed E-state index contributed by atoms with van der Waals surface area (Å²) in [6, 6.07) is 6.90. The molecule has 3 rings (SSSR count). The number of fused-ring (bicyclic) bond motifs is 1. The summed E-state index contributed by atoms with van der Waals surface area (Å²) < 4.78 is 32.3. The van der Waals surface area contributed by atoms with E-state index in [1.807, 2.05) is 26.0 Å². The van der Waals surface area contributed by atoms with Gasteiger partial charge in [-0.1, -0.05) is 13.8 Å². The van der Waals surface area contributed by atoms with E-state index in [1.54, 1.807) is 16.6 Å². The molecular formula is C16H17F2N5O. The number of aromatic nitrogens is 5. The lowest BCUT2D eigenvalue weighted by Crippen LogP contribution is -2.21. The van der Waals surface area contributed by atoms with Crippen molar-refractivity contribution in [1.82, 2.24) is 24.8 Å². The van der Waals surface area contributed by atoms with Crippen LogP contribution < -0.4 is 4.74 Å². The molecule has 0 aromatic carbocycles. The van der Waals surface area contributed by atoms with E-state index in [0.717, 1.165) is 18.3 Å². The predicted octanol–water partition coefficient (Wildman–Crippen LogP) is 3.34. The van der Waals surface area contributed by atoms with Gasteiger partial charge in [-0.25, -0.2) is 13.8 Å². The molecule has 0 aliphatic carbocycles. The zero-order chi connectivity index (χ0) is 17.3. The summed E-state index contributed by atoms with van der Waals surface area (Å²) in [5.74, 6) is -1.79. The van der Waals surface area contributed by atoms with Crippen molar-refractivity contribution in [2.75, 3.05) is 6.61 Å². The van der Waals surface area contributed by atoms with Crippen LogP contribution in [0.5, 0.6) is 5.88 Å². The minimum Gasteiger partial charge on any atom is -0.471 e. The molecule has 0 saturated heterocycles. The topological polar surface area (TPSA) is 65.2 Å². The number of rotatable bonds is 5. The van der Waals surface area contributed by atoms with Crippen LogP contribution in [0.1, 0.15) is 32.5 Å². The second-order valence-corrected chi connectivity index (χ2v) is 5.95. The van der Waals surface area contributed by atoms with Crippen molar-refractivity contribution in [2.24, 2.45) is 0 Å². The summed E-state index contributed by atoms with van der Waals surface area (Å²) in [6.07, 6.45) is 1.54. The lowest BCUT2D eigenvalue weighted by molar-refractivity contribution is -0.0242.